The molecular formula is C13H17N. The quantitative estimate of drug-likeness (QED) is 0.648. The molecule has 0 radical (unpaired) electrons. The highest BCUT2D eigenvalue weighted by molar-refractivity contribution is 5.25. The second-order valence-corrected chi connectivity index (χ2v) is 4.19. The molecule has 1 aromatic rings. The van der Waals surface area contributed by atoms with Gasteiger partial charge in [-0.05, 0) is 50.2 Å². The molecule has 0 spiro atoms. The van der Waals surface area contributed by atoms with Crippen LogP contribution in [0.25, 0.3) is 0 Å². The topological polar surface area (TPSA) is 12.9 Å². The standard InChI is InChI=1S/C13H17N/c1-3-4-11-6-8-13-12(9-11)7-5-10(2)14-13/h3,5,7,11H,1,4,6,8-9H2,2H3. The molecule has 1 unspecified atom stereocenters. The van der Waals surface area contributed by atoms with Gasteiger partial charge in [-0.2, -0.15) is 0 Å². The van der Waals surface area contributed by atoms with Crippen LogP contribution in [-0.2, 0) is 12.8 Å². The number of allylic oxidation sites excluding steroid dienone is 1. The highest BCUT2D eigenvalue weighted by Gasteiger charge is 2.18. The minimum Gasteiger partial charge on any atom is -0.258 e. The fourth-order valence-electron chi connectivity index (χ4n) is 2.23. The van der Waals surface area contributed by atoms with Crippen LogP contribution in [0.3, 0.4) is 0 Å². The molecule has 14 heavy (non-hydrogen) atoms. The highest BCUT2D eigenvalue weighted by atomic mass is 14.7. The van der Waals surface area contributed by atoms with Crippen LogP contribution in [0.2, 0.25) is 0 Å². The third-order valence-corrected chi connectivity index (χ3v) is 3.01. The van der Waals surface area contributed by atoms with Crippen LogP contribution in [0, 0.1) is 12.8 Å². The van der Waals surface area contributed by atoms with E-state index < -0.39 is 0 Å². The summed E-state index contributed by atoms with van der Waals surface area (Å²) in [5.41, 5.74) is 3.92. The number of rotatable bonds is 2. The van der Waals surface area contributed by atoms with Gasteiger partial charge in [0.1, 0.15) is 0 Å². The maximum atomic E-state index is 4.58. The van der Waals surface area contributed by atoms with Gasteiger partial charge in [0.2, 0.25) is 0 Å². The molecule has 0 aliphatic heterocycles. The summed E-state index contributed by atoms with van der Waals surface area (Å²) in [4.78, 5) is 4.58. The summed E-state index contributed by atoms with van der Waals surface area (Å²) < 4.78 is 0. The Bertz CT molecular complexity index is 341. The molecule has 0 saturated heterocycles. The van der Waals surface area contributed by atoms with E-state index in [9.17, 15) is 0 Å². The van der Waals surface area contributed by atoms with E-state index in [1.54, 1.807) is 0 Å². The van der Waals surface area contributed by atoms with Gasteiger partial charge in [-0.1, -0.05) is 12.1 Å². The Morgan fingerprint density at radius 1 is 1.57 bits per heavy atom. The summed E-state index contributed by atoms with van der Waals surface area (Å²) in [6.45, 7) is 5.87. The molecule has 1 aromatic heterocycles. The van der Waals surface area contributed by atoms with E-state index in [-0.39, 0.29) is 0 Å². The first kappa shape index (κ1) is 9.45. The van der Waals surface area contributed by atoms with Gasteiger partial charge < -0.3 is 0 Å². The van der Waals surface area contributed by atoms with Crippen LogP contribution in [0.1, 0.15) is 29.8 Å². The fraction of sp³-hybridized carbons (Fsp3) is 0.462. The van der Waals surface area contributed by atoms with E-state index in [1.165, 1.54) is 24.1 Å². The zero-order valence-corrected chi connectivity index (χ0v) is 8.79. The molecule has 1 aliphatic carbocycles. The Hall–Kier alpha value is -1.11. The Morgan fingerprint density at radius 2 is 2.43 bits per heavy atom. The van der Waals surface area contributed by atoms with Gasteiger partial charge in [0, 0.05) is 11.4 Å². The lowest BCUT2D eigenvalue weighted by atomic mass is 9.84. The molecule has 0 saturated carbocycles. The Balaban J connectivity index is 2.18. The minimum atomic E-state index is 0.796. The molecule has 1 atom stereocenters. The summed E-state index contributed by atoms with van der Waals surface area (Å²) in [5, 5.41) is 0. The lowest BCUT2D eigenvalue weighted by Gasteiger charge is -2.22. The summed E-state index contributed by atoms with van der Waals surface area (Å²) in [5.74, 6) is 0.796. The first-order valence-electron chi connectivity index (χ1n) is 5.36. The van der Waals surface area contributed by atoms with Gasteiger partial charge in [-0.3, -0.25) is 4.98 Å². The van der Waals surface area contributed by atoms with Gasteiger partial charge in [-0.25, -0.2) is 0 Å². The van der Waals surface area contributed by atoms with Gasteiger partial charge in [0.05, 0.1) is 0 Å². The summed E-state index contributed by atoms with van der Waals surface area (Å²) in [6.07, 6.45) is 6.80. The third kappa shape index (κ3) is 1.87. The van der Waals surface area contributed by atoms with Gasteiger partial charge in [0.15, 0.2) is 0 Å². The molecule has 0 bridgehead atoms. The van der Waals surface area contributed by atoms with Crippen molar-refractivity contribution >= 4 is 0 Å². The number of aryl methyl sites for hydroxylation is 2. The molecule has 1 aliphatic rings. The monoisotopic (exact) mass is 187 g/mol. The molecule has 0 N–H and O–H groups in total. The predicted molar refractivity (Wildman–Crippen MR) is 59.3 cm³/mol. The predicted octanol–water partition coefficient (Wildman–Crippen LogP) is 3.07. The zero-order chi connectivity index (χ0) is 9.97. The van der Waals surface area contributed by atoms with E-state index >= 15 is 0 Å². The Kier molecular flexibility index (Phi) is 2.67. The average molecular weight is 187 g/mol. The highest BCUT2D eigenvalue weighted by Crippen LogP contribution is 2.26. The van der Waals surface area contributed by atoms with Crippen LogP contribution in [0.15, 0.2) is 24.8 Å². The zero-order valence-electron chi connectivity index (χ0n) is 8.79. The van der Waals surface area contributed by atoms with E-state index in [2.05, 4.69) is 30.6 Å². The smallest absolute Gasteiger partial charge is 0.0438 e. The minimum absolute atomic E-state index is 0.796. The van der Waals surface area contributed by atoms with E-state index in [0.29, 0.717) is 0 Å². The molecule has 1 heteroatoms. The lowest BCUT2D eigenvalue weighted by Crippen LogP contribution is -2.15. The average Bonchev–Trinajstić information content (AvgIpc) is 2.19. The number of aromatic nitrogens is 1. The first-order valence-corrected chi connectivity index (χ1v) is 5.36. The first-order chi connectivity index (χ1) is 6.79. The van der Waals surface area contributed by atoms with Crippen molar-refractivity contribution in [2.75, 3.05) is 0 Å². The van der Waals surface area contributed by atoms with E-state index in [4.69, 9.17) is 0 Å². The number of pyridine rings is 1. The molecule has 1 nitrogen and oxygen atoms in total. The largest absolute Gasteiger partial charge is 0.258 e. The van der Waals surface area contributed by atoms with Gasteiger partial charge in [0.25, 0.3) is 0 Å². The van der Waals surface area contributed by atoms with Crippen LogP contribution in [0.5, 0.6) is 0 Å². The summed E-state index contributed by atoms with van der Waals surface area (Å²) >= 11 is 0. The van der Waals surface area contributed by atoms with Crippen molar-refractivity contribution in [3.8, 4) is 0 Å². The van der Waals surface area contributed by atoms with Crippen molar-refractivity contribution in [1.82, 2.24) is 4.98 Å². The second kappa shape index (κ2) is 3.95. The maximum Gasteiger partial charge on any atom is 0.0438 e. The van der Waals surface area contributed by atoms with Crippen molar-refractivity contribution < 1.29 is 0 Å². The second-order valence-electron chi connectivity index (χ2n) is 4.19. The molecular weight excluding hydrogens is 170 g/mol. The molecule has 74 valence electrons. The molecule has 0 fully saturated rings. The third-order valence-electron chi connectivity index (χ3n) is 3.01. The Labute approximate surface area is 85.9 Å². The lowest BCUT2D eigenvalue weighted by molar-refractivity contribution is 0.458. The van der Waals surface area contributed by atoms with Gasteiger partial charge in [-0.15, -0.1) is 6.58 Å². The van der Waals surface area contributed by atoms with Gasteiger partial charge >= 0.3 is 0 Å². The number of nitrogens with zero attached hydrogens (tertiary/aromatic N) is 1. The SMILES string of the molecule is C=CCC1CCc2nc(C)ccc2C1. The van der Waals surface area contributed by atoms with Crippen molar-refractivity contribution in [2.24, 2.45) is 5.92 Å². The van der Waals surface area contributed by atoms with Crippen molar-refractivity contribution in [2.45, 2.75) is 32.6 Å². The van der Waals surface area contributed by atoms with Crippen LogP contribution in [0.4, 0.5) is 0 Å². The fourth-order valence-corrected chi connectivity index (χ4v) is 2.23. The normalized spacial score (nSPS) is 20.2. The summed E-state index contributed by atoms with van der Waals surface area (Å²) in [6, 6.07) is 4.36. The van der Waals surface area contributed by atoms with E-state index in [1.807, 2.05) is 6.08 Å². The van der Waals surface area contributed by atoms with Crippen molar-refractivity contribution in [3.05, 3.63) is 41.7 Å². The number of hydrogen-bond donors (Lipinski definition) is 0. The van der Waals surface area contributed by atoms with E-state index in [0.717, 1.165) is 24.5 Å². The molecule has 0 amide bonds. The Morgan fingerprint density at radius 3 is 3.21 bits per heavy atom. The maximum absolute atomic E-state index is 4.58. The number of fused-ring (bicyclic) bond motifs is 1. The molecule has 0 aromatic carbocycles. The summed E-state index contributed by atoms with van der Waals surface area (Å²) in [7, 11) is 0. The van der Waals surface area contributed by atoms with Crippen molar-refractivity contribution in [1.29, 1.82) is 0 Å². The van der Waals surface area contributed by atoms with Crippen molar-refractivity contribution in [3.63, 3.8) is 0 Å². The van der Waals surface area contributed by atoms with Crippen LogP contribution < -0.4 is 0 Å². The van der Waals surface area contributed by atoms with Crippen LogP contribution in [-0.4, -0.2) is 4.98 Å². The number of hydrogen-bond acceptors (Lipinski definition) is 1. The molecule has 1 heterocycles. The molecule has 2 rings (SSSR count). The van der Waals surface area contributed by atoms with Crippen LogP contribution >= 0.6 is 0 Å².